The first-order chi connectivity index (χ1) is 16.3. The molecule has 0 aliphatic carbocycles. The van der Waals surface area contributed by atoms with Crippen LogP contribution in [0.5, 0.6) is 17.2 Å². The normalized spacial score (nSPS) is 15.2. The summed E-state index contributed by atoms with van der Waals surface area (Å²) in [5.74, 6) is 0.231. The molecule has 34 heavy (non-hydrogen) atoms. The van der Waals surface area contributed by atoms with Crippen LogP contribution in [0.2, 0.25) is 0 Å². The molecule has 11 nitrogen and oxygen atoms in total. The van der Waals surface area contributed by atoms with Crippen molar-refractivity contribution in [2.24, 2.45) is 0 Å². The van der Waals surface area contributed by atoms with Gasteiger partial charge in [-0.15, -0.1) is 0 Å². The molecule has 0 bridgehead atoms. The van der Waals surface area contributed by atoms with Gasteiger partial charge in [0.1, 0.15) is 12.7 Å². The second-order valence-corrected chi connectivity index (χ2v) is 9.32. The van der Waals surface area contributed by atoms with E-state index in [0.717, 1.165) is 4.31 Å². The molecule has 1 unspecified atom stereocenters. The number of sulfonamides is 1. The molecule has 12 heteroatoms. The molecule has 0 radical (unpaired) electrons. The highest BCUT2D eigenvalue weighted by molar-refractivity contribution is 7.89. The topological polar surface area (TPSA) is 144 Å². The lowest BCUT2D eigenvalue weighted by molar-refractivity contribution is -0.122. The molecule has 1 heterocycles. The Hall–Kier alpha value is -3.35. The van der Waals surface area contributed by atoms with E-state index in [1.54, 1.807) is 18.2 Å². The zero-order valence-corrected chi connectivity index (χ0v) is 19.6. The molecule has 0 spiro atoms. The fourth-order valence-electron chi connectivity index (χ4n) is 3.28. The lowest BCUT2D eigenvalue weighted by Crippen LogP contribution is -2.49. The summed E-state index contributed by atoms with van der Waals surface area (Å²) in [4.78, 5) is 24.0. The number of aliphatic hydroxyl groups is 1. The Labute approximate surface area is 197 Å². The van der Waals surface area contributed by atoms with E-state index in [1.807, 2.05) is 0 Å². The number of rotatable bonds is 10. The third kappa shape index (κ3) is 5.95. The lowest BCUT2D eigenvalue weighted by atomic mass is 10.2. The molecular formula is C22H27N3O8S. The number of aliphatic hydroxyl groups excluding tert-OH is 1. The number of methoxy groups -OCH3 is 2. The highest BCUT2D eigenvalue weighted by atomic mass is 32.2. The number of para-hydroxylation sites is 1. The van der Waals surface area contributed by atoms with E-state index in [9.17, 15) is 23.1 Å². The molecule has 3 rings (SSSR count). The minimum atomic E-state index is -3.94. The smallest absolute Gasteiger partial charge is 0.251 e. The van der Waals surface area contributed by atoms with Crippen molar-refractivity contribution in [3.63, 3.8) is 0 Å². The number of hydrogen-bond donors (Lipinski definition) is 3. The van der Waals surface area contributed by atoms with E-state index < -0.39 is 22.0 Å². The summed E-state index contributed by atoms with van der Waals surface area (Å²) in [5.41, 5.74) is 0.0991. The molecule has 1 fully saturated rings. The van der Waals surface area contributed by atoms with Crippen LogP contribution in [0.4, 0.5) is 0 Å². The summed E-state index contributed by atoms with van der Waals surface area (Å²) in [5, 5.41) is 15.4. The van der Waals surface area contributed by atoms with Gasteiger partial charge in [-0.05, 0) is 30.3 Å². The van der Waals surface area contributed by atoms with Gasteiger partial charge in [-0.3, -0.25) is 9.59 Å². The molecule has 184 valence electrons. The Bertz CT molecular complexity index is 1120. The van der Waals surface area contributed by atoms with Gasteiger partial charge < -0.3 is 30.0 Å². The van der Waals surface area contributed by atoms with Gasteiger partial charge in [-0.2, -0.15) is 4.31 Å². The van der Waals surface area contributed by atoms with Gasteiger partial charge in [0, 0.05) is 25.2 Å². The van der Waals surface area contributed by atoms with Crippen LogP contribution in [0.15, 0.2) is 47.4 Å². The fourth-order valence-corrected chi connectivity index (χ4v) is 4.72. The molecule has 1 atom stereocenters. The van der Waals surface area contributed by atoms with E-state index in [4.69, 9.17) is 14.2 Å². The maximum Gasteiger partial charge on any atom is 0.251 e. The Balaban J connectivity index is 1.60. The summed E-state index contributed by atoms with van der Waals surface area (Å²) in [6.07, 6.45) is -1.06. The molecule has 1 aliphatic heterocycles. The Morgan fingerprint density at radius 1 is 1.18 bits per heavy atom. The highest BCUT2D eigenvalue weighted by Gasteiger charge is 2.29. The summed E-state index contributed by atoms with van der Waals surface area (Å²) in [7, 11) is -0.978. The Kier molecular flexibility index (Phi) is 8.31. The maximum atomic E-state index is 12.8. The van der Waals surface area contributed by atoms with Crippen molar-refractivity contribution in [3.05, 3.63) is 48.0 Å². The molecule has 0 saturated carbocycles. The number of carbonyl (C=O) groups is 2. The van der Waals surface area contributed by atoms with Crippen molar-refractivity contribution >= 4 is 21.8 Å². The van der Waals surface area contributed by atoms with Gasteiger partial charge in [-0.1, -0.05) is 12.1 Å². The highest BCUT2D eigenvalue weighted by Crippen LogP contribution is 2.36. The predicted molar refractivity (Wildman–Crippen MR) is 122 cm³/mol. The Morgan fingerprint density at radius 3 is 2.50 bits per heavy atom. The monoisotopic (exact) mass is 493 g/mol. The number of nitrogens with one attached hydrogen (secondary N) is 2. The third-order valence-electron chi connectivity index (χ3n) is 5.04. The molecule has 1 saturated heterocycles. The van der Waals surface area contributed by atoms with E-state index in [0.29, 0.717) is 17.2 Å². The summed E-state index contributed by atoms with van der Waals surface area (Å²) < 4.78 is 42.8. The van der Waals surface area contributed by atoms with E-state index in [1.165, 1.54) is 38.5 Å². The molecule has 1 aliphatic rings. The molecule has 2 amide bonds. The van der Waals surface area contributed by atoms with Crippen molar-refractivity contribution in [3.8, 4) is 17.2 Å². The first kappa shape index (κ1) is 25.3. The van der Waals surface area contributed by atoms with Crippen LogP contribution < -0.4 is 24.8 Å². The van der Waals surface area contributed by atoms with Crippen LogP contribution in [-0.2, 0) is 14.8 Å². The summed E-state index contributed by atoms with van der Waals surface area (Å²) in [6, 6.07) is 10.6. The van der Waals surface area contributed by atoms with Crippen LogP contribution in [0.25, 0.3) is 0 Å². The first-order valence-electron chi connectivity index (χ1n) is 10.4. The first-order valence-corrected chi connectivity index (χ1v) is 11.9. The quantitative estimate of drug-likeness (QED) is 0.420. The number of nitrogens with zero attached hydrogens (tertiary/aromatic N) is 1. The van der Waals surface area contributed by atoms with Gasteiger partial charge in [0.15, 0.2) is 11.5 Å². The van der Waals surface area contributed by atoms with Crippen LogP contribution >= 0.6 is 0 Å². The zero-order chi connectivity index (χ0) is 24.7. The number of carbonyl (C=O) groups excluding carboxylic acids is 2. The minimum absolute atomic E-state index is 0.0954. The predicted octanol–water partition coefficient (Wildman–Crippen LogP) is -0.00600. The summed E-state index contributed by atoms with van der Waals surface area (Å²) in [6.45, 7) is -0.198. The fraction of sp³-hybridized carbons (Fsp3) is 0.364. The van der Waals surface area contributed by atoms with Crippen LogP contribution in [0.3, 0.4) is 0 Å². The number of hydrogen-bond acceptors (Lipinski definition) is 8. The van der Waals surface area contributed by atoms with Crippen molar-refractivity contribution < 1.29 is 37.3 Å². The number of piperazine rings is 1. The standard InChI is InChI=1S/C22H27N3O8S/c1-31-18-7-4-8-19(32-2)21(18)33-14-16(26)12-24-22(28)15-5-3-6-17(11-15)34(29,30)25-10-9-23-20(27)13-25/h3-8,11,16,26H,9-10,12-14H2,1-2H3,(H,23,27)(H,24,28). The number of amides is 2. The van der Waals surface area contributed by atoms with Crippen molar-refractivity contribution in [2.75, 3.05) is 47.0 Å². The second kappa shape index (κ2) is 11.2. The zero-order valence-electron chi connectivity index (χ0n) is 18.8. The molecule has 2 aromatic carbocycles. The van der Waals surface area contributed by atoms with Gasteiger partial charge in [-0.25, -0.2) is 8.42 Å². The van der Waals surface area contributed by atoms with E-state index >= 15 is 0 Å². The molecule has 0 aromatic heterocycles. The number of ether oxygens (including phenoxy) is 3. The largest absolute Gasteiger partial charge is 0.493 e. The van der Waals surface area contributed by atoms with Gasteiger partial charge in [0.25, 0.3) is 5.91 Å². The second-order valence-electron chi connectivity index (χ2n) is 7.38. The molecular weight excluding hydrogens is 466 g/mol. The Morgan fingerprint density at radius 2 is 1.85 bits per heavy atom. The third-order valence-corrected chi connectivity index (χ3v) is 6.88. The molecule has 2 aromatic rings. The molecule has 3 N–H and O–H groups in total. The van der Waals surface area contributed by atoms with Crippen LogP contribution in [-0.4, -0.2) is 82.8 Å². The maximum absolute atomic E-state index is 12.8. The van der Waals surface area contributed by atoms with Crippen molar-refractivity contribution in [1.82, 2.24) is 14.9 Å². The van der Waals surface area contributed by atoms with Gasteiger partial charge in [0.05, 0.1) is 25.7 Å². The minimum Gasteiger partial charge on any atom is -0.493 e. The number of benzene rings is 2. The van der Waals surface area contributed by atoms with E-state index in [2.05, 4.69) is 10.6 Å². The van der Waals surface area contributed by atoms with Crippen LogP contribution in [0.1, 0.15) is 10.4 Å². The SMILES string of the molecule is COc1cccc(OC)c1OCC(O)CNC(=O)c1cccc(S(=O)(=O)N2CCNC(=O)C2)c1. The van der Waals surface area contributed by atoms with Gasteiger partial charge >= 0.3 is 0 Å². The average molecular weight is 494 g/mol. The van der Waals surface area contributed by atoms with Crippen molar-refractivity contribution in [1.29, 1.82) is 0 Å². The van der Waals surface area contributed by atoms with Crippen molar-refractivity contribution in [2.45, 2.75) is 11.0 Å². The van der Waals surface area contributed by atoms with Crippen LogP contribution in [0, 0.1) is 0 Å². The average Bonchev–Trinajstić information content (AvgIpc) is 2.85. The lowest BCUT2D eigenvalue weighted by Gasteiger charge is -2.26. The van der Waals surface area contributed by atoms with Gasteiger partial charge in [0.2, 0.25) is 21.7 Å². The van der Waals surface area contributed by atoms with E-state index in [-0.39, 0.29) is 49.2 Å². The summed E-state index contributed by atoms with van der Waals surface area (Å²) >= 11 is 0.